The van der Waals surface area contributed by atoms with Crippen LogP contribution in [0, 0.1) is 0 Å². The van der Waals surface area contributed by atoms with Gasteiger partial charge in [-0.25, -0.2) is 0 Å². The number of hydrogen-bond acceptors (Lipinski definition) is 5. The van der Waals surface area contributed by atoms with Gasteiger partial charge < -0.3 is 24.9 Å². The molecule has 3 N–H and O–H groups in total. The van der Waals surface area contributed by atoms with E-state index >= 15 is 0 Å². The van der Waals surface area contributed by atoms with Crippen molar-refractivity contribution in [2.45, 2.75) is 13.3 Å². The number of carbonyl (C=O) groups excluding carboxylic acids is 1. The Morgan fingerprint density at radius 2 is 2.05 bits per heavy atom. The van der Waals surface area contributed by atoms with E-state index in [2.05, 4.69) is 5.32 Å². The standard InChI is InChI=1S/C14H14N2O4/c1-2-8-3-4-11(20-8)14(17)16-10-6-13-12(5-9(10)15)18-7-19-13/h3-6H,2,7,15H2,1H3,(H,16,17). The van der Waals surface area contributed by atoms with Crippen LogP contribution < -0.4 is 20.5 Å². The van der Waals surface area contributed by atoms with Crippen LogP contribution in [0.4, 0.5) is 11.4 Å². The summed E-state index contributed by atoms with van der Waals surface area (Å²) < 4.78 is 15.8. The van der Waals surface area contributed by atoms with E-state index in [0.29, 0.717) is 22.9 Å². The number of hydrogen-bond donors (Lipinski definition) is 2. The molecule has 0 spiro atoms. The molecule has 0 bridgehead atoms. The third-order valence-electron chi connectivity index (χ3n) is 3.03. The minimum Gasteiger partial charge on any atom is -0.456 e. The second kappa shape index (κ2) is 4.80. The van der Waals surface area contributed by atoms with Gasteiger partial charge in [0.2, 0.25) is 6.79 Å². The first kappa shape index (κ1) is 12.4. The molecule has 1 aromatic carbocycles. The Morgan fingerprint density at radius 1 is 1.30 bits per heavy atom. The van der Waals surface area contributed by atoms with Gasteiger partial charge in [0.05, 0.1) is 11.4 Å². The SMILES string of the molecule is CCc1ccc(C(=O)Nc2cc3c(cc2N)OCO3)o1. The highest BCUT2D eigenvalue weighted by Gasteiger charge is 2.18. The third-order valence-corrected chi connectivity index (χ3v) is 3.03. The smallest absolute Gasteiger partial charge is 0.291 e. The molecule has 6 nitrogen and oxygen atoms in total. The fourth-order valence-electron chi connectivity index (χ4n) is 1.94. The van der Waals surface area contributed by atoms with Gasteiger partial charge in [0.15, 0.2) is 17.3 Å². The van der Waals surface area contributed by atoms with E-state index in [4.69, 9.17) is 19.6 Å². The number of nitrogen functional groups attached to an aromatic ring is 1. The largest absolute Gasteiger partial charge is 0.456 e. The summed E-state index contributed by atoms with van der Waals surface area (Å²) in [6.45, 7) is 2.11. The number of ether oxygens (including phenoxy) is 2. The number of fused-ring (bicyclic) bond motifs is 1. The molecule has 104 valence electrons. The van der Waals surface area contributed by atoms with Gasteiger partial charge in [-0.1, -0.05) is 6.92 Å². The molecule has 1 aliphatic rings. The highest BCUT2D eigenvalue weighted by atomic mass is 16.7. The summed E-state index contributed by atoms with van der Waals surface area (Å²) in [6.07, 6.45) is 0.736. The summed E-state index contributed by atoms with van der Waals surface area (Å²) in [5.74, 6) is 1.79. The first-order chi connectivity index (χ1) is 9.67. The maximum atomic E-state index is 12.1. The lowest BCUT2D eigenvalue weighted by Crippen LogP contribution is -2.12. The van der Waals surface area contributed by atoms with Crippen molar-refractivity contribution >= 4 is 17.3 Å². The van der Waals surface area contributed by atoms with Gasteiger partial charge in [0.1, 0.15) is 5.76 Å². The fourth-order valence-corrected chi connectivity index (χ4v) is 1.94. The molecule has 20 heavy (non-hydrogen) atoms. The van der Waals surface area contributed by atoms with Crippen LogP contribution in [-0.2, 0) is 6.42 Å². The van der Waals surface area contributed by atoms with Crippen molar-refractivity contribution in [1.82, 2.24) is 0 Å². The molecular weight excluding hydrogens is 260 g/mol. The number of amides is 1. The predicted molar refractivity (Wildman–Crippen MR) is 73.0 cm³/mol. The number of nitrogens with one attached hydrogen (secondary N) is 1. The van der Waals surface area contributed by atoms with Crippen molar-refractivity contribution in [3.05, 3.63) is 35.8 Å². The van der Waals surface area contributed by atoms with Crippen molar-refractivity contribution in [2.24, 2.45) is 0 Å². The van der Waals surface area contributed by atoms with E-state index in [1.165, 1.54) is 0 Å². The van der Waals surface area contributed by atoms with Gasteiger partial charge in [-0.2, -0.15) is 0 Å². The van der Waals surface area contributed by atoms with Crippen molar-refractivity contribution in [3.8, 4) is 11.5 Å². The Morgan fingerprint density at radius 3 is 2.75 bits per heavy atom. The molecule has 0 radical (unpaired) electrons. The molecule has 1 aromatic heterocycles. The molecule has 2 heterocycles. The predicted octanol–water partition coefficient (Wildman–Crippen LogP) is 2.41. The lowest BCUT2D eigenvalue weighted by atomic mass is 10.2. The summed E-state index contributed by atoms with van der Waals surface area (Å²) in [5, 5.41) is 2.70. The summed E-state index contributed by atoms with van der Waals surface area (Å²) in [6, 6.07) is 6.67. The van der Waals surface area contributed by atoms with E-state index in [-0.39, 0.29) is 18.5 Å². The molecule has 2 aromatic rings. The molecule has 3 rings (SSSR count). The quantitative estimate of drug-likeness (QED) is 0.839. The Labute approximate surface area is 115 Å². The second-order valence-corrected chi connectivity index (χ2v) is 4.37. The zero-order valence-corrected chi connectivity index (χ0v) is 10.9. The molecule has 1 aliphatic heterocycles. The van der Waals surface area contributed by atoms with Crippen LogP contribution in [0.5, 0.6) is 11.5 Å². The van der Waals surface area contributed by atoms with Crippen LogP contribution in [-0.4, -0.2) is 12.7 Å². The molecule has 0 fully saturated rings. The van der Waals surface area contributed by atoms with Gasteiger partial charge in [-0.15, -0.1) is 0 Å². The van der Waals surface area contributed by atoms with Gasteiger partial charge in [0.25, 0.3) is 5.91 Å². The topological polar surface area (TPSA) is 86.7 Å². The zero-order valence-electron chi connectivity index (χ0n) is 10.9. The van der Waals surface area contributed by atoms with Crippen LogP contribution in [0.2, 0.25) is 0 Å². The minimum atomic E-state index is -0.352. The molecule has 0 unspecified atom stereocenters. The van der Waals surface area contributed by atoms with Crippen LogP contribution in [0.15, 0.2) is 28.7 Å². The summed E-state index contributed by atoms with van der Waals surface area (Å²) in [5.41, 5.74) is 6.74. The highest BCUT2D eigenvalue weighted by molar-refractivity contribution is 6.04. The van der Waals surface area contributed by atoms with Gasteiger partial charge in [-0.05, 0) is 12.1 Å². The van der Waals surface area contributed by atoms with E-state index in [1.54, 1.807) is 24.3 Å². The van der Waals surface area contributed by atoms with E-state index in [0.717, 1.165) is 12.2 Å². The molecule has 0 saturated carbocycles. The number of furan rings is 1. The molecule has 0 aliphatic carbocycles. The van der Waals surface area contributed by atoms with Crippen LogP contribution in [0.1, 0.15) is 23.2 Å². The average Bonchev–Trinajstić information content (AvgIpc) is 3.07. The van der Waals surface area contributed by atoms with Gasteiger partial charge in [-0.3, -0.25) is 4.79 Å². The first-order valence-electron chi connectivity index (χ1n) is 6.26. The summed E-state index contributed by atoms with van der Waals surface area (Å²) in [4.78, 5) is 12.1. The molecular formula is C14H14N2O4. The Hall–Kier alpha value is -2.63. The molecule has 0 saturated heterocycles. The lowest BCUT2D eigenvalue weighted by Gasteiger charge is -2.08. The van der Waals surface area contributed by atoms with Crippen molar-refractivity contribution in [2.75, 3.05) is 17.8 Å². The van der Waals surface area contributed by atoms with Crippen LogP contribution >= 0.6 is 0 Å². The van der Waals surface area contributed by atoms with Crippen molar-refractivity contribution in [1.29, 1.82) is 0 Å². The first-order valence-corrected chi connectivity index (χ1v) is 6.26. The summed E-state index contributed by atoms with van der Waals surface area (Å²) >= 11 is 0. The maximum absolute atomic E-state index is 12.1. The second-order valence-electron chi connectivity index (χ2n) is 4.37. The van der Waals surface area contributed by atoms with Crippen molar-refractivity contribution < 1.29 is 18.7 Å². The Kier molecular flexibility index (Phi) is 2.98. The van der Waals surface area contributed by atoms with E-state index < -0.39 is 0 Å². The maximum Gasteiger partial charge on any atom is 0.291 e. The van der Waals surface area contributed by atoms with Crippen LogP contribution in [0.25, 0.3) is 0 Å². The number of rotatable bonds is 3. The zero-order chi connectivity index (χ0) is 14.1. The molecule has 1 amide bonds. The number of benzene rings is 1. The van der Waals surface area contributed by atoms with Gasteiger partial charge in [0, 0.05) is 18.6 Å². The van der Waals surface area contributed by atoms with Crippen molar-refractivity contribution in [3.63, 3.8) is 0 Å². The molecule has 0 atom stereocenters. The summed E-state index contributed by atoms with van der Waals surface area (Å²) in [7, 11) is 0. The molecule has 6 heteroatoms. The number of anilines is 2. The van der Waals surface area contributed by atoms with E-state index in [9.17, 15) is 4.79 Å². The highest BCUT2D eigenvalue weighted by Crippen LogP contribution is 2.38. The number of aryl methyl sites for hydroxylation is 1. The number of nitrogens with two attached hydrogens (primary N) is 1. The van der Waals surface area contributed by atoms with Gasteiger partial charge >= 0.3 is 0 Å². The Balaban J connectivity index is 1.82. The fraction of sp³-hybridized carbons (Fsp3) is 0.214. The minimum absolute atomic E-state index is 0.157. The van der Waals surface area contributed by atoms with E-state index in [1.807, 2.05) is 6.92 Å². The average molecular weight is 274 g/mol. The third kappa shape index (κ3) is 2.16. The van der Waals surface area contributed by atoms with Crippen LogP contribution in [0.3, 0.4) is 0 Å². The normalized spacial score (nSPS) is 12.4. The Bertz CT molecular complexity index is 663. The number of carbonyl (C=O) groups is 1. The lowest BCUT2D eigenvalue weighted by molar-refractivity contribution is 0.0995. The monoisotopic (exact) mass is 274 g/mol.